The van der Waals surface area contributed by atoms with Gasteiger partial charge in [0.2, 0.25) is 11.6 Å². The molecule has 0 aromatic carbocycles. The van der Waals surface area contributed by atoms with Gasteiger partial charge in [-0.2, -0.15) is 0 Å². The van der Waals surface area contributed by atoms with Crippen LogP contribution in [0.15, 0.2) is 17.1 Å². The van der Waals surface area contributed by atoms with Crippen molar-refractivity contribution >= 4 is 17.8 Å². The highest BCUT2D eigenvalue weighted by Crippen LogP contribution is 1.85. The Hall–Kier alpha value is -1.25. The molecule has 1 rings (SSSR count). The average molecular weight is 123 g/mol. The molecule has 0 fully saturated rings. The summed E-state index contributed by atoms with van der Waals surface area (Å²) in [5, 5.41) is 0. The lowest BCUT2D eigenvalue weighted by atomic mass is 10.2. The third-order valence-electron chi connectivity index (χ3n) is 0.949. The first-order valence-corrected chi connectivity index (χ1v) is 2.54. The molecule has 0 spiro atoms. The van der Waals surface area contributed by atoms with Crippen molar-refractivity contribution in [2.24, 2.45) is 4.99 Å². The lowest BCUT2D eigenvalue weighted by molar-refractivity contribution is -0.132. The molecule has 0 N–H and O–H groups in total. The molecule has 1 aliphatic rings. The number of nitrogens with zero attached hydrogens (tertiary/aromatic N) is 1. The van der Waals surface area contributed by atoms with E-state index < -0.39 is 11.6 Å². The smallest absolute Gasteiger partial charge is 0.223 e. The summed E-state index contributed by atoms with van der Waals surface area (Å²) < 4.78 is 0. The predicted octanol–water partition coefficient (Wildman–Crippen LogP) is -0.235. The van der Waals surface area contributed by atoms with E-state index in [4.69, 9.17) is 0 Å². The van der Waals surface area contributed by atoms with Gasteiger partial charge in [0, 0.05) is 6.21 Å². The number of Topliss-reactive ketones (excluding diaryl/α,β-unsaturated/α-hetero) is 1. The van der Waals surface area contributed by atoms with Crippen LogP contribution in [0.25, 0.3) is 0 Å². The molecule has 9 heavy (non-hydrogen) atoms. The van der Waals surface area contributed by atoms with Gasteiger partial charge in [-0.15, -0.1) is 0 Å². The molecule has 0 aromatic rings. The Balaban J connectivity index is 2.81. The largest absolute Gasteiger partial charge is 0.288 e. The summed E-state index contributed by atoms with van der Waals surface area (Å²) in [7, 11) is 0. The van der Waals surface area contributed by atoms with Crippen molar-refractivity contribution < 1.29 is 9.59 Å². The molecule has 0 saturated heterocycles. The molecule has 0 aliphatic carbocycles. The minimum absolute atomic E-state index is 0.00810. The lowest BCUT2D eigenvalue weighted by Gasteiger charge is -1.83. The lowest BCUT2D eigenvalue weighted by Crippen LogP contribution is -2.12. The zero-order valence-corrected chi connectivity index (χ0v) is 4.70. The molecule has 0 bridgehead atoms. The number of hydrogen-bond acceptors (Lipinski definition) is 3. The SMILES string of the molecule is O=C1C=CC=NCC1=O. The second-order valence-electron chi connectivity index (χ2n) is 1.64. The van der Waals surface area contributed by atoms with Gasteiger partial charge >= 0.3 is 0 Å². The standard InChI is InChI=1S/C6H5NO2/c8-5-2-1-3-7-4-6(5)9/h1-3H,4H2. The summed E-state index contributed by atoms with van der Waals surface area (Å²) in [6.45, 7) is -0.00810. The number of carbonyl (C=O) groups is 2. The van der Waals surface area contributed by atoms with E-state index in [0.29, 0.717) is 0 Å². The van der Waals surface area contributed by atoms with Crippen LogP contribution in [-0.4, -0.2) is 24.3 Å². The summed E-state index contributed by atoms with van der Waals surface area (Å²) in [5.41, 5.74) is 0. The number of rotatable bonds is 0. The molecule has 0 amide bonds. The van der Waals surface area contributed by atoms with Crippen molar-refractivity contribution in [1.29, 1.82) is 0 Å². The van der Waals surface area contributed by atoms with Crippen LogP contribution in [0.5, 0.6) is 0 Å². The number of hydrogen-bond donors (Lipinski definition) is 0. The van der Waals surface area contributed by atoms with Gasteiger partial charge in [0.25, 0.3) is 0 Å². The highest BCUT2D eigenvalue weighted by molar-refractivity contribution is 6.43. The Kier molecular flexibility index (Phi) is 1.53. The molecule has 0 atom stereocenters. The number of carbonyl (C=O) groups excluding carboxylic acids is 2. The van der Waals surface area contributed by atoms with E-state index in [1.54, 1.807) is 0 Å². The fourth-order valence-corrected chi connectivity index (χ4v) is 0.498. The maximum absolute atomic E-state index is 10.5. The van der Waals surface area contributed by atoms with Gasteiger partial charge in [0.05, 0.1) is 0 Å². The van der Waals surface area contributed by atoms with Crippen LogP contribution in [-0.2, 0) is 9.59 Å². The Bertz CT molecular complexity index is 203. The maximum Gasteiger partial charge on any atom is 0.223 e. The molecular formula is C6H5NO2. The first kappa shape index (κ1) is 5.88. The van der Waals surface area contributed by atoms with Crippen LogP contribution >= 0.6 is 0 Å². The van der Waals surface area contributed by atoms with E-state index in [0.717, 1.165) is 0 Å². The Labute approximate surface area is 52.1 Å². The van der Waals surface area contributed by atoms with Crippen LogP contribution in [0.2, 0.25) is 0 Å². The highest BCUT2D eigenvalue weighted by atomic mass is 16.2. The van der Waals surface area contributed by atoms with E-state index in [1.807, 2.05) is 0 Å². The minimum Gasteiger partial charge on any atom is -0.288 e. The van der Waals surface area contributed by atoms with Crippen LogP contribution in [0.3, 0.4) is 0 Å². The van der Waals surface area contributed by atoms with Gasteiger partial charge < -0.3 is 0 Å². The van der Waals surface area contributed by atoms with E-state index >= 15 is 0 Å². The van der Waals surface area contributed by atoms with Crippen molar-refractivity contribution in [2.45, 2.75) is 0 Å². The third kappa shape index (κ3) is 1.32. The molecule has 0 unspecified atom stereocenters. The summed E-state index contributed by atoms with van der Waals surface area (Å²) in [5.74, 6) is -0.910. The number of allylic oxidation sites excluding steroid dienone is 2. The monoisotopic (exact) mass is 123 g/mol. The molecule has 46 valence electrons. The molecule has 3 heteroatoms. The van der Waals surface area contributed by atoms with E-state index in [-0.39, 0.29) is 6.54 Å². The summed E-state index contributed by atoms with van der Waals surface area (Å²) in [6, 6.07) is 0. The second-order valence-corrected chi connectivity index (χ2v) is 1.64. The first-order valence-electron chi connectivity index (χ1n) is 2.54. The van der Waals surface area contributed by atoms with Gasteiger partial charge in [-0.3, -0.25) is 14.6 Å². The average Bonchev–Trinajstić information content (AvgIpc) is 1.99. The number of ketones is 2. The quantitative estimate of drug-likeness (QED) is 0.417. The third-order valence-corrected chi connectivity index (χ3v) is 0.949. The van der Waals surface area contributed by atoms with Crippen molar-refractivity contribution in [3.8, 4) is 0 Å². The molecular weight excluding hydrogens is 118 g/mol. The normalized spacial score (nSPS) is 18.2. The van der Waals surface area contributed by atoms with E-state index in [1.165, 1.54) is 18.4 Å². The zero-order chi connectivity index (χ0) is 6.69. The van der Waals surface area contributed by atoms with Crippen LogP contribution < -0.4 is 0 Å². The van der Waals surface area contributed by atoms with Crippen molar-refractivity contribution in [1.82, 2.24) is 0 Å². The van der Waals surface area contributed by atoms with E-state index in [9.17, 15) is 9.59 Å². The topological polar surface area (TPSA) is 46.5 Å². The number of aliphatic imine (C=N–C) groups is 1. The molecule has 0 saturated carbocycles. The molecule has 1 heterocycles. The Morgan fingerprint density at radius 3 is 3.00 bits per heavy atom. The Morgan fingerprint density at radius 1 is 1.44 bits per heavy atom. The van der Waals surface area contributed by atoms with Crippen LogP contribution in [0.4, 0.5) is 0 Å². The van der Waals surface area contributed by atoms with Gasteiger partial charge in [-0.05, 0) is 12.2 Å². The Morgan fingerprint density at radius 2 is 2.22 bits per heavy atom. The summed E-state index contributed by atoms with van der Waals surface area (Å²) in [6.07, 6.45) is 4.13. The van der Waals surface area contributed by atoms with Crippen LogP contribution in [0, 0.1) is 0 Å². The first-order chi connectivity index (χ1) is 4.30. The minimum atomic E-state index is -0.465. The second kappa shape index (κ2) is 2.35. The van der Waals surface area contributed by atoms with Crippen molar-refractivity contribution in [2.75, 3.05) is 6.54 Å². The summed E-state index contributed by atoms with van der Waals surface area (Å²) >= 11 is 0. The van der Waals surface area contributed by atoms with E-state index in [2.05, 4.69) is 4.99 Å². The van der Waals surface area contributed by atoms with Crippen molar-refractivity contribution in [3.63, 3.8) is 0 Å². The fraction of sp³-hybridized carbons (Fsp3) is 0.167. The van der Waals surface area contributed by atoms with Crippen molar-refractivity contribution in [3.05, 3.63) is 12.2 Å². The van der Waals surface area contributed by atoms with Gasteiger partial charge in [-0.25, -0.2) is 0 Å². The molecule has 3 nitrogen and oxygen atoms in total. The van der Waals surface area contributed by atoms with Crippen LogP contribution in [0.1, 0.15) is 0 Å². The zero-order valence-electron chi connectivity index (χ0n) is 4.70. The molecule has 1 aliphatic heterocycles. The van der Waals surface area contributed by atoms with Gasteiger partial charge in [-0.1, -0.05) is 0 Å². The van der Waals surface area contributed by atoms with Gasteiger partial charge in [0.1, 0.15) is 6.54 Å². The van der Waals surface area contributed by atoms with Gasteiger partial charge in [0.15, 0.2) is 0 Å². The molecule has 0 aromatic heterocycles. The summed E-state index contributed by atoms with van der Waals surface area (Å²) in [4.78, 5) is 24.6. The molecule has 0 radical (unpaired) electrons. The predicted molar refractivity (Wildman–Crippen MR) is 32.5 cm³/mol. The fourth-order valence-electron chi connectivity index (χ4n) is 0.498. The maximum atomic E-state index is 10.5. The highest BCUT2D eigenvalue weighted by Gasteiger charge is 2.09.